The molecular weight excluding hydrogens is 152 g/mol. The molecule has 2 N–H and O–H groups in total. The molecule has 0 radical (unpaired) electrons. The van der Waals surface area contributed by atoms with Crippen molar-refractivity contribution in [2.24, 2.45) is 5.92 Å². The Hall–Kier alpha value is -0.340. The van der Waals surface area contributed by atoms with Gasteiger partial charge in [-0.1, -0.05) is 18.6 Å². The SMILES string of the molecule is CC(C)=CCC[C@@H](C)CC(O)O. The van der Waals surface area contributed by atoms with Crippen LogP contribution in [0.5, 0.6) is 0 Å². The van der Waals surface area contributed by atoms with Gasteiger partial charge in [-0.2, -0.15) is 0 Å². The first-order valence-electron chi connectivity index (χ1n) is 4.52. The molecule has 0 aromatic heterocycles. The fourth-order valence-corrected chi connectivity index (χ4v) is 1.13. The number of allylic oxidation sites excluding steroid dienone is 2. The Morgan fingerprint density at radius 2 is 1.92 bits per heavy atom. The lowest BCUT2D eigenvalue weighted by molar-refractivity contribution is -0.0549. The lowest BCUT2D eigenvalue weighted by Gasteiger charge is -2.10. The van der Waals surface area contributed by atoms with Gasteiger partial charge in [0.25, 0.3) is 0 Å². The standard InChI is InChI=1S/C10H20O2/c1-8(2)5-4-6-9(3)7-10(11)12/h5,9-12H,4,6-7H2,1-3H3/t9-/m1/s1. The van der Waals surface area contributed by atoms with Crippen LogP contribution in [-0.4, -0.2) is 16.5 Å². The molecule has 0 aromatic carbocycles. The number of hydrogen-bond donors (Lipinski definition) is 2. The Morgan fingerprint density at radius 3 is 2.33 bits per heavy atom. The summed E-state index contributed by atoms with van der Waals surface area (Å²) in [5.74, 6) is 0.389. The summed E-state index contributed by atoms with van der Waals surface area (Å²) >= 11 is 0. The minimum absolute atomic E-state index is 0.389. The lowest BCUT2D eigenvalue weighted by Crippen LogP contribution is -2.09. The van der Waals surface area contributed by atoms with Crippen LogP contribution in [0.3, 0.4) is 0 Å². The molecule has 0 spiro atoms. The van der Waals surface area contributed by atoms with Gasteiger partial charge in [-0.25, -0.2) is 0 Å². The van der Waals surface area contributed by atoms with E-state index < -0.39 is 6.29 Å². The van der Waals surface area contributed by atoms with Crippen molar-refractivity contribution in [3.63, 3.8) is 0 Å². The van der Waals surface area contributed by atoms with E-state index in [4.69, 9.17) is 10.2 Å². The van der Waals surface area contributed by atoms with Gasteiger partial charge in [-0.05, 0) is 32.6 Å². The first kappa shape index (κ1) is 11.7. The van der Waals surface area contributed by atoms with Crippen molar-refractivity contribution in [3.05, 3.63) is 11.6 Å². The maximum absolute atomic E-state index is 8.67. The Bertz CT molecular complexity index is 135. The maximum atomic E-state index is 8.67. The van der Waals surface area contributed by atoms with Crippen LogP contribution in [0.1, 0.15) is 40.0 Å². The van der Waals surface area contributed by atoms with Crippen molar-refractivity contribution in [1.82, 2.24) is 0 Å². The van der Waals surface area contributed by atoms with Gasteiger partial charge in [0.2, 0.25) is 0 Å². The largest absolute Gasteiger partial charge is 0.368 e. The zero-order valence-corrected chi connectivity index (χ0v) is 8.25. The summed E-state index contributed by atoms with van der Waals surface area (Å²) in [5.41, 5.74) is 1.33. The van der Waals surface area contributed by atoms with E-state index in [1.165, 1.54) is 5.57 Å². The third-order valence-electron chi connectivity index (χ3n) is 1.83. The highest BCUT2D eigenvalue weighted by Crippen LogP contribution is 2.12. The van der Waals surface area contributed by atoms with E-state index in [0.29, 0.717) is 12.3 Å². The van der Waals surface area contributed by atoms with E-state index in [-0.39, 0.29) is 0 Å². The minimum atomic E-state index is -1.15. The molecule has 0 saturated heterocycles. The molecule has 0 saturated carbocycles. The molecule has 1 atom stereocenters. The van der Waals surface area contributed by atoms with Gasteiger partial charge in [-0.15, -0.1) is 0 Å². The van der Waals surface area contributed by atoms with Crippen LogP contribution in [0.2, 0.25) is 0 Å². The molecular formula is C10H20O2. The van der Waals surface area contributed by atoms with E-state index in [1.807, 2.05) is 6.92 Å². The molecule has 2 heteroatoms. The normalized spacial score (nSPS) is 13.2. The van der Waals surface area contributed by atoms with Gasteiger partial charge < -0.3 is 10.2 Å². The summed E-state index contributed by atoms with van der Waals surface area (Å²) in [6, 6.07) is 0. The zero-order chi connectivity index (χ0) is 9.56. The molecule has 0 aliphatic carbocycles. The van der Waals surface area contributed by atoms with Crippen LogP contribution in [0.4, 0.5) is 0 Å². The van der Waals surface area contributed by atoms with Crippen molar-refractivity contribution >= 4 is 0 Å². The zero-order valence-electron chi connectivity index (χ0n) is 8.25. The highest BCUT2D eigenvalue weighted by Gasteiger charge is 2.05. The predicted octanol–water partition coefficient (Wildman–Crippen LogP) is 2.07. The lowest BCUT2D eigenvalue weighted by atomic mass is 10.0. The van der Waals surface area contributed by atoms with E-state index >= 15 is 0 Å². The van der Waals surface area contributed by atoms with Gasteiger partial charge in [0.15, 0.2) is 6.29 Å². The number of aliphatic hydroxyl groups is 2. The molecule has 0 amide bonds. The Morgan fingerprint density at radius 1 is 1.33 bits per heavy atom. The van der Waals surface area contributed by atoms with Crippen LogP contribution in [0, 0.1) is 5.92 Å². The quantitative estimate of drug-likeness (QED) is 0.492. The second-order valence-corrected chi connectivity index (χ2v) is 3.68. The minimum Gasteiger partial charge on any atom is -0.368 e. The van der Waals surface area contributed by atoms with Gasteiger partial charge >= 0.3 is 0 Å². The average molecular weight is 172 g/mol. The fourth-order valence-electron chi connectivity index (χ4n) is 1.13. The topological polar surface area (TPSA) is 40.5 Å². The molecule has 12 heavy (non-hydrogen) atoms. The van der Waals surface area contributed by atoms with E-state index in [0.717, 1.165) is 12.8 Å². The highest BCUT2D eigenvalue weighted by molar-refractivity contribution is 4.92. The Balaban J connectivity index is 3.44. The molecule has 0 aliphatic heterocycles. The Labute approximate surface area is 74.9 Å². The van der Waals surface area contributed by atoms with E-state index in [2.05, 4.69) is 19.9 Å². The van der Waals surface area contributed by atoms with Crippen LogP contribution in [0.15, 0.2) is 11.6 Å². The number of rotatable bonds is 5. The van der Waals surface area contributed by atoms with Crippen molar-refractivity contribution in [2.45, 2.75) is 46.3 Å². The molecule has 2 nitrogen and oxygen atoms in total. The van der Waals surface area contributed by atoms with Crippen LogP contribution < -0.4 is 0 Å². The second-order valence-electron chi connectivity index (χ2n) is 3.68. The van der Waals surface area contributed by atoms with Gasteiger partial charge in [-0.3, -0.25) is 0 Å². The monoisotopic (exact) mass is 172 g/mol. The third-order valence-corrected chi connectivity index (χ3v) is 1.83. The summed E-state index contributed by atoms with van der Waals surface area (Å²) in [6.07, 6.45) is 3.59. The molecule has 0 fully saturated rings. The van der Waals surface area contributed by atoms with Crippen molar-refractivity contribution in [1.29, 1.82) is 0 Å². The summed E-state index contributed by atoms with van der Waals surface area (Å²) < 4.78 is 0. The second kappa shape index (κ2) is 6.21. The van der Waals surface area contributed by atoms with Crippen molar-refractivity contribution in [3.8, 4) is 0 Å². The fraction of sp³-hybridized carbons (Fsp3) is 0.800. The van der Waals surface area contributed by atoms with Crippen LogP contribution in [-0.2, 0) is 0 Å². The predicted molar refractivity (Wildman–Crippen MR) is 50.7 cm³/mol. The van der Waals surface area contributed by atoms with Crippen LogP contribution in [0.25, 0.3) is 0 Å². The molecule has 0 rings (SSSR count). The summed E-state index contributed by atoms with van der Waals surface area (Å²) in [7, 11) is 0. The molecule has 0 aliphatic rings. The van der Waals surface area contributed by atoms with E-state index in [1.54, 1.807) is 0 Å². The maximum Gasteiger partial charge on any atom is 0.151 e. The van der Waals surface area contributed by atoms with E-state index in [9.17, 15) is 0 Å². The smallest absolute Gasteiger partial charge is 0.151 e. The summed E-state index contributed by atoms with van der Waals surface area (Å²) in [6.45, 7) is 6.19. The molecule has 0 unspecified atom stereocenters. The van der Waals surface area contributed by atoms with Gasteiger partial charge in [0, 0.05) is 6.42 Å². The highest BCUT2D eigenvalue weighted by atomic mass is 16.5. The number of hydrogen-bond acceptors (Lipinski definition) is 2. The van der Waals surface area contributed by atoms with Crippen LogP contribution >= 0.6 is 0 Å². The summed E-state index contributed by atoms with van der Waals surface area (Å²) in [4.78, 5) is 0. The third kappa shape index (κ3) is 7.76. The van der Waals surface area contributed by atoms with Crippen molar-refractivity contribution in [2.75, 3.05) is 0 Å². The molecule has 0 aromatic rings. The van der Waals surface area contributed by atoms with Crippen molar-refractivity contribution < 1.29 is 10.2 Å². The molecule has 0 heterocycles. The first-order valence-corrected chi connectivity index (χ1v) is 4.52. The molecule has 72 valence electrons. The first-order chi connectivity index (χ1) is 5.52. The average Bonchev–Trinajstić information content (AvgIpc) is 1.84. The van der Waals surface area contributed by atoms with Gasteiger partial charge in [0.05, 0.1) is 0 Å². The Kier molecular flexibility index (Phi) is 6.03. The molecule has 0 bridgehead atoms. The number of aliphatic hydroxyl groups excluding tert-OH is 1. The summed E-state index contributed by atoms with van der Waals surface area (Å²) in [5, 5.41) is 17.3. The van der Waals surface area contributed by atoms with Gasteiger partial charge in [0.1, 0.15) is 0 Å².